The van der Waals surface area contributed by atoms with Crippen molar-refractivity contribution < 1.29 is 19.4 Å². The van der Waals surface area contributed by atoms with Crippen LogP contribution in [0.2, 0.25) is 0 Å². The van der Waals surface area contributed by atoms with Crippen LogP contribution in [0.25, 0.3) is 11.0 Å². The number of nitrogens with two attached hydrogens (primary N) is 1. The van der Waals surface area contributed by atoms with Crippen molar-refractivity contribution in [2.24, 2.45) is 5.73 Å². The van der Waals surface area contributed by atoms with Crippen LogP contribution in [-0.4, -0.2) is 39.4 Å². The molecule has 2 rings (SSSR count). The molecule has 7 nitrogen and oxygen atoms in total. The number of fused-ring (bicyclic) bond motifs is 1. The topological polar surface area (TPSA) is 107 Å². The van der Waals surface area contributed by atoms with Crippen LogP contribution in [-0.2, 0) is 9.59 Å². The van der Waals surface area contributed by atoms with Crippen LogP contribution in [0.5, 0.6) is 5.75 Å². The number of methoxy groups -OCH3 is 1. The molecule has 0 fully saturated rings. The van der Waals surface area contributed by atoms with Gasteiger partial charge in [0.2, 0.25) is 5.91 Å². The van der Waals surface area contributed by atoms with E-state index >= 15 is 0 Å². The van der Waals surface area contributed by atoms with Gasteiger partial charge in [0, 0.05) is 0 Å². The van der Waals surface area contributed by atoms with Gasteiger partial charge in [0.1, 0.15) is 17.3 Å². The third-order valence-corrected chi connectivity index (χ3v) is 3.93. The molecule has 21 heavy (non-hydrogen) atoms. The lowest BCUT2D eigenvalue weighted by atomic mass is 10.2. The molecular formula is C13H15N3O4S. The summed E-state index contributed by atoms with van der Waals surface area (Å²) < 4.78 is 6.88. The van der Waals surface area contributed by atoms with Gasteiger partial charge in [-0.2, -0.15) is 0 Å². The third kappa shape index (κ3) is 2.94. The van der Waals surface area contributed by atoms with Crippen molar-refractivity contribution in [3.63, 3.8) is 0 Å². The fourth-order valence-electron chi connectivity index (χ4n) is 1.96. The molecular weight excluding hydrogens is 294 g/mol. The molecule has 8 heteroatoms. The molecule has 1 atom stereocenters. The molecule has 112 valence electrons. The maximum absolute atomic E-state index is 11.5. The molecule has 1 unspecified atom stereocenters. The predicted molar refractivity (Wildman–Crippen MR) is 78.6 cm³/mol. The standard InChI is InChI=1S/C13H15N3O4S/c1-7(12(14)19)16-8-4-3-5-9(20-2)11(8)15-13(16)21-6-10(17)18/h3-5,7H,6H2,1-2H3,(H2,14,19)(H,17,18). The zero-order chi connectivity index (χ0) is 15.6. The summed E-state index contributed by atoms with van der Waals surface area (Å²) in [6.45, 7) is 1.65. The van der Waals surface area contributed by atoms with Crippen LogP contribution in [0.15, 0.2) is 23.4 Å². The van der Waals surface area contributed by atoms with Crippen molar-refractivity contribution in [1.82, 2.24) is 9.55 Å². The Morgan fingerprint density at radius 3 is 2.81 bits per heavy atom. The van der Waals surface area contributed by atoms with Crippen LogP contribution < -0.4 is 10.5 Å². The summed E-state index contributed by atoms with van der Waals surface area (Å²) >= 11 is 1.03. The van der Waals surface area contributed by atoms with Crippen LogP contribution >= 0.6 is 11.8 Å². The summed E-state index contributed by atoms with van der Waals surface area (Å²) in [5.74, 6) is -1.08. The number of amides is 1. The van der Waals surface area contributed by atoms with E-state index in [4.69, 9.17) is 15.6 Å². The highest BCUT2D eigenvalue weighted by Crippen LogP contribution is 2.32. The molecule has 0 aliphatic carbocycles. The molecule has 2 aromatic rings. The maximum Gasteiger partial charge on any atom is 0.313 e. The van der Waals surface area contributed by atoms with E-state index in [9.17, 15) is 9.59 Å². The quantitative estimate of drug-likeness (QED) is 0.778. The lowest BCUT2D eigenvalue weighted by Crippen LogP contribution is -2.24. The first-order valence-corrected chi connectivity index (χ1v) is 7.13. The Morgan fingerprint density at radius 2 is 2.24 bits per heavy atom. The highest BCUT2D eigenvalue weighted by atomic mass is 32.2. The molecule has 0 spiro atoms. The van der Waals surface area contributed by atoms with Gasteiger partial charge in [0.05, 0.1) is 18.4 Å². The number of para-hydroxylation sites is 1. The Morgan fingerprint density at radius 1 is 1.52 bits per heavy atom. The SMILES string of the molecule is COc1cccc2c1nc(SCC(=O)O)n2C(C)C(N)=O. The van der Waals surface area contributed by atoms with Crippen molar-refractivity contribution in [1.29, 1.82) is 0 Å². The molecule has 3 N–H and O–H groups in total. The molecule has 1 heterocycles. The highest BCUT2D eigenvalue weighted by molar-refractivity contribution is 7.99. The second kappa shape index (κ2) is 6.04. The molecule has 0 saturated carbocycles. The van der Waals surface area contributed by atoms with Gasteiger partial charge in [0.15, 0.2) is 5.16 Å². The number of hydrogen-bond acceptors (Lipinski definition) is 5. The zero-order valence-electron chi connectivity index (χ0n) is 11.6. The number of benzene rings is 1. The first-order chi connectivity index (χ1) is 9.95. The summed E-state index contributed by atoms with van der Waals surface area (Å²) in [5.41, 5.74) is 6.61. The number of carbonyl (C=O) groups excluding carboxylic acids is 1. The van der Waals surface area contributed by atoms with E-state index in [0.29, 0.717) is 21.9 Å². The molecule has 1 amide bonds. The molecule has 1 aromatic carbocycles. The molecule has 0 aliphatic rings. The number of imidazole rings is 1. The highest BCUT2D eigenvalue weighted by Gasteiger charge is 2.22. The number of carbonyl (C=O) groups is 2. The minimum absolute atomic E-state index is 0.156. The Labute approximate surface area is 125 Å². The second-order valence-electron chi connectivity index (χ2n) is 4.35. The number of carboxylic acid groups (broad SMARTS) is 1. The maximum atomic E-state index is 11.5. The van der Waals surface area contributed by atoms with Gasteiger partial charge in [0.25, 0.3) is 0 Å². The second-order valence-corrected chi connectivity index (χ2v) is 5.30. The lowest BCUT2D eigenvalue weighted by Gasteiger charge is -2.13. The summed E-state index contributed by atoms with van der Waals surface area (Å²) in [5, 5.41) is 9.23. The number of nitrogens with zero attached hydrogens (tertiary/aromatic N) is 2. The number of carboxylic acids is 1. The van der Waals surface area contributed by atoms with Gasteiger partial charge in [-0.3, -0.25) is 9.59 Å². The number of hydrogen-bond donors (Lipinski definition) is 2. The van der Waals surface area contributed by atoms with Crippen LogP contribution in [0.4, 0.5) is 0 Å². The van der Waals surface area contributed by atoms with E-state index in [0.717, 1.165) is 11.8 Å². The first-order valence-electron chi connectivity index (χ1n) is 6.14. The Balaban J connectivity index is 2.61. The summed E-state index contributed by atoms with van der Waals surface area (Å²) in [7, 11) is 1.52. The van der Waals surface area contributed by atoms with Crippen molar-refractivity contribution >= 4 is 34.7 Å². The molecule has 0 aliphatic heterocycles. The fraction of sp³-hybridized carbons (Fsp3) is 0.308. The van der Waals surface area contributed by atoms with Gasteiger partial charge in [-0.25, -0.2) is 4.98 Å². The van der Waals surface area contributed by atoms with Crippen molar-refractivity contribution in [3.8, 4) is 5.75 Å². The van der Waals surface area contributed by atoms with Gasteiger partial charge in [-0.15, -0.1) is 0 Å². The first kappa shape index (κ1) is 15.2. The minimum Gasteiger partial charge on any atom is -0.494 e. The average Bonchev–Trinajstić information content (AvgIpc) is 2.82. The predicted octanol–water partition coefficient (Wildman–Crippen LogP) is 1.27. The van der Waals surface area contributed by atoms with E-state index < -0.39 is 17.9 Å². The molecule has 1 aromatic heterocycles. The van der Waals surface area contributed by atoms with Crippen molar-refractivity contribution in [2.45, 2.75) is 18.1 Å². The fourth-order valence-corrected chi connectivity index (χ4v) is 2.77. The summed E-state index contributed by atoms with van der Waals surface area (Å²) in [6, 6.07) is 4.67. The number of ether oxygens (including phenoxy) is 1. The number of aromatic nitrogens is 2. The molecule has 0 radical (unpaired) electrons. The van der Waals surface area contributed by atoms with Crippen LogP contribution in [0, 0.1) is 0 Å². The van der Waals surface area contributed by atoms with E-state index in [2.05, 4.69) is 4.98 Å². The number of thioether (sulfide) groups is 1. The van der Waals surface area contributed by atoms with E-state index in [1.807, 2.05) is 0 Å². The Hall–Kier alpha value is -2.22. The average molecular weight is 309 g/mol. The third-order valence-electron chi connectivity index (χ3n) is 2.99. The van der Waals surface area contributed by atoms with Gasteiger partial charge in [-0.1, -0.05) is 17.8 Å². The van der Waals surface area contributed by atoms with Gasteiger partial charge < -0.3 is 20.1 Å². The smallest absolute Gasteiger partial charge is 0.313 e. The molecule has 0 bridgehead atoms. The number of primary amides is 1. The summed E-state index contributed by atoms with van der Waals surface area (Å²) in [6.07, 6.45) is 0. The Bertz CT molecular complexity index is 698. The number of aliphatic carboxylic acids is 1. The zero-order valence-corrected chi connectivity index (χ0v) is 12.4. The van der Waals surface area contributed by atoms with E-state index in [1.165, 1.54) is 7.11 Å². The van der Waals surface area contributed by atoms with E-state index in [1.54, 1.807) is 29.7 Å². The monoisotopic (exact) mass is 309 g/mol. The lowest BCUT2D eigenvalue weighted by molar-refractivity contribution is -0.133. The largest absolute Gasteiger partial charge is 0.494 e. The van der Waals surface area contributed by atoms with E-state index in [-0.39, 0.29) is 5.75 Å². The number of rotatable bonds is 6. The van der Waals surface area contributed by atoms with Crippen LogP contribution in [0.1, 0.15) is 13.0 Å². The normalized spacial score (nSPS) is 12.3. The molecule has 0 saturated heterocycles. The van der Waals surface area contributed by atoms with Gasteiger partial charge >= 0.3 is 5.97 Å². The van der Waals surface area contributed by atoms with Crippen molar-refractivity contribution in [3.05, 3.63) is 18.2 Å². The summed E-state index contributed by atoms with van der Waals surface area (Å²) in [4.78, 5) is 26.6. The van der Waals surface area contributed by atoms with Crippen LogP contribution in [0.3, 0.4) is 0 Å². The Kier molecular flexibility index (Phi) is 4.37. The van der Waals surface area contributed by atoms with Crippen molar-refractivity contribution in [2.75, 3.05) is 12.9 Å². The van der Waals surface area contributed by atoms with Gasteiger partial charge in [-0.05, 0) is 19.1 Å². The minimum atomic E-state index is -0.961.